The van der Waals surface area contributed by atoms with Gasteiger partial charge in [-0.15, -0.1) is 0 Å². The molecule has 0 spiro atoms. The molecule has 4 aromatic rings. The van der Waals surface area contributed by atoms with Gasteiger partial charge >= 0.3 is 6.09 Å². The standard InChI is InChI=1S/C33H32ClFN4O3/c1-5-38(26-9-7-6-8-10-26)31(40)29-28-21-37(32(41)42-33(2,3)4)20-23(19-22-11-15-25(35)16-12-22)30(28)39(36-29)27-17-13-24(34)14-18-27/h6-19H,5,20-21H2,1-4H3. The molecule has 9 heteroatoms. The number of benzene rings is 3. The van der Waals surface area contributed by atoms with Crippen molar-refractivity contribution in [2.75, 3.05) is 18.0 Å². The lowest BCUT2D eigenvalue weighted by molar-refractivity contribution is 0.0254. The molecule has 1 aromatic heterocycles. The molecule has 0 fully saturated rings. The number of ether oxygens (including phenoxy) is 1. The fourth-order valence-corrected chi connectivity index (χ4v) is 5.03. The van der Waals surface area contributed by atoms with Crippen molar-refractivity contribution < 1.29 is 18.7 Å². The van der Waals surface area contributed by atoms with Gasteiger partial charge in [0.05, 0.1) is 24.5 Å². The molecule has 0 unspecified atom stereocenters. The lowest BCUT2D eigenvalue weighted by Crippen LogP contribution is -2.40. The van der Waals surface area contributed by atoms with Crippen LogP contribution in [0.3, 0.4) is 0 Å². The third-order valence-corrected chi connectivity index (χ3v) is 7.02. The maximum absolute atomic E-state index is 14.2. The van der Waals surface area contributed by atoms with Gasteiger partial charge < -0.3 is 9.64 Å². The van der Waals surface area contributed by atoms with Gasteiger partial charge in [-0.1, -0.05) is 41.9 Å². The van der Waals surface area contributed by atoms with Crippen molar-refractivity contribution in [3.05, 3.63) is 112 Å². The van der Waals surface area contributed by atoms with Gasteiger partial charge in [0.15, 0.2) is 5.69 Å². The lowest BCUT2D eigenvalue weighted by Gasteiger charge is -2.32. The van der Waals surface area contributed by atoms with Gasteiger partial charge in [0.1, 0.15) is 11.4 Å². The van der Waals surface area contributed by atoms with E-state index in [4.69, 9.17) is 21.4 Å². The molecule has 0 bridgehead atoms. The van der Waals surface area contributed by atoms with Crippen LogP contribution in [-0.4, -0.2) is 45.4 Å². The number of hydrogen-bond acceptors (Lipinski definition) is 4. The molecule has 42 heavy (non-hydrogen) atoms. The summed E-state index contributed by atoms with van der Waals surface area (Å²) in [4.78, 5) is 30.8. The molecule has 5 rings (SSSR count). The summed E-state index contributed by atoms with van der Waals surface area (Å²) >= 11 is 6.19. The highest BCUT2D eigenvalue weighted by Gasteiger charge is 2.36. The maximum atomic E-state index is 14.2. The highest BCUT2D eigenvalue weighted by atomic mass is 35.5. The van der Waals surface area contributed by atoms with Crippen molar-refractivity contribution in [1.29, 1.82) is 0 Å². The lowest BCUT2D eigenvalue weighted by atomic mass is 9.97. The summed E-state index contributed by atoms with van der Waals surface area (Å²) in [5.74, 6) is -0.642. The molecule has 3 aromatic carbocycles. The molecule has 1 aliphatic heterocycles. The number of hydrogen-bond donors (Lipinski definition) is 0. The van der Waals surface area contributed by atoms with Gasteiger partial charge in [-0.05, 0) is 93.4 Å². The molecule has 7 nitrogen and oxygen atoms in total. The molecule has 0 atom stereocenters. The van der Waals surface area contributed by atoms with Crippen LogP contribution in [0, 0.1) is 5.82 Å². The summed E-state index contributed by atoms with van der Waals surface area (Å²) < 4.78 is 21.2. The summed E-state index contributed by atoms with van der Waals surface area (Å²) in [6.07, 6.45) is 1.37. The Morgan fingerprint density at radius 2 is 1.67 bits per heavy atom. The summed E-state index contributed by atoms with van der Waals surface area (Å²) in [5.41, 5.74) is 3.69. The zero-order chi connectivity index (χ0) is 30.0. The molecule has 0 saturated heterocycles. The fourth-order valence-electron chi connectivity index (χ4n) is 4.91. The molecule has 216 valence electrons. The fraction of sp³-hybridized carbons (Fsp3) is 0.242. The monoisotopic (exact) mass is 586 g/mol. The van der Waals surface area contributed by atoms with Crippen LogP contribution in [0.4, 0.5) is 14.9 Å². The molecule has 0 N–H and O–H groups in total. The van der Waals surface area contributed by atoms with E-state index in [0.29, 0.717) is 28.5 Å². The molecular formula is C33H32ClFN4O3. The highest BCUT2D eigenvalue weighted by molar-refractivity contribution is 6.30. The van der Waals surface area contributed by atoms with Crippen LogP contribution >= 0.6 is 11.6 Å². The Labute approximate surface area is 249 Å². The van der Waals surface area contributed by atoms with Crippen molar-refractivity contribution in [3.8, 4) is 5.69 Å². The highest BCUT2D eigenvalue weighted by Crippen LogP contribution is 2.35. The smallest absolute Gasteiger partial charge is 0.410 e. The zero-order valence-corrected chi connectivity index (χ0v) is 24.7. The van der Waals surface area contributed by atoms with Gasteiger partial charge in [-0.2, -0.15) is 5.10 Å². The van der Waals surface area contributed by atoms with Crippen molar-refractivity contribution in [3.63, 3.8) is 0 Å². The van der Waals surface area contributed by atoms with E-state index in [1.54, 1.807) is 38.7 Å². The van der Waals surface area contributed by atoms with Gasteiger partial charge in [-0.3, -0.25) is 9.69 Å². The number of carbonyl (C=O) groups excluding carboxylic acids is 2. The van der Waals surface area contributed by atoms with E-state index in [1.807, 2.05) is 76.2 Å². The number of rotatable bonds is 5. The minimum absolute atomic E-state index is 0.117. The Morgan fingerprint density at radius 3 is 2.29 bits per heavy atom. The van der Waals surface area contributed by atoms with E-state index >= 15 is 0 Å². The molecule has 1 aliphatic rings. The number of nitrogens with zero attached hydrogens (tertiary/aromatic N) is 4. The Morgan fingerprint density at radius 1 is 1.00 bits per heavy atom. The Balaban J connectivity index is 1.72. The van der Waals surface area contributed by atoms with E-state index in [-0.39, 0.29) is 30.5 Å². The minimum atomic E-state index is -0.712. The van der Waals surface area contributed by atoms with Crippen LogP contribution < -0.4 is 4.90 Å². The molecule has 0 saturated carbocycles. The first-order valence-corrected chi connectivity index (χ1v) is 14.1. The Kier molecular flexibility index (Phi) is 8.18. The van der Waals surface area contributed by atoms with Crippen LogP contribution in [-0.2, 0) is 11.3 Å². The Hall–Kier alpha value is -4.43. The van der Waals surface area contributed by atoms with Crippen LogP contribution in [0.1, 0.15) is 55.0 Å². The zero-order valence-electron chi connectivity index (χ0n) is 24.0. The number of amides is 2. The third kappa shape index (κ3) is 6.24. The second-order valence-corrected chi connectivity index (χ2v) is 11.4. The first kappa shape index (κ1) is 29.1. The SMILES string of the molecule is CCN(C(=O)c1nn(-c2ccc(Cl)cc2)c2c1CN(C(=O)OC(C)(C)C)CC2=Cc1ccc(F)cc1)c1ccccc1. The van der Waals surface area contributed by atoms with Crippen molar-refractivity contribution in [2.45, 2.75) is 39.8 Å². The van der Waals surface area contributed by atoms with Crippen LogP contribution in [0.15, 0.2) is 78.9 Å². The number of para-hydroxylation sites is 1. The average Bonchev–Trinajstić information content (AvgIpc) is 3.35. The van der Waals surface area contributed by atoms with Gasteiger partial charge in [0, 0.05) is 22.8 Å². The third-order valence-electron chi connectivity index (χ3n) is 6.76. The summed E-state index contributed by atoms with van der Waals surface area (Å²) in [6.45, 7) is 8.06. The number of fused-ring (bicyclic) bond motifs is 1. The van der Waals surface area contributed by atoms with E-state index in [1.165, 1.54) is 12.1 Å². The number of aromatic nitrogens is 2. The number of carbonyl (C=O) groups is 2. The largest absolute Gasteiger partial charge is 0.444 e. The molecule has 2 heterocycles. The van der Waals surface area contributed by atoms with E-state index in [0.717, 1.165) is 16.8 Å². The van der Waals surface area contributed by atoms with Crippen LogP contribution in [0.5, 0.6) is 0 Å². The van der Waals surface area contributed by atoms with Crippen molar-refractivity contribution in [2.24, 2.45) is 0 Å². The Bertz CT molecular complexity index is 1630. The molecule has 2 amide bonds. The first-order chi connectivity index (χ1) is 20.0. The maximum Gasteiger partial charge on any atom is 0.410 e. The van der Waals surface area contributed by atoms with Crippen molar-refractivity contribution >= 4 is 40.9 Å². The second-order valence-electron chi connectivity index (χ2n) is 11.0. The topological polar surface area (TPSA) is 67.7 Å². The molecule has 0 radical (unpaired) electrons. The van der Waals surface area contributed by atoms with Gasteiger partial charge in [0.2, 0.25) is 0 Å². The predicted octanol–water partition coefficient (Wildman–Crippen LogP) is 7.62. The second kappa shape index (κ2) is 11.8. The van der Waals surface area contributed by atoms with Crippen LogP contribution in [0.2, 0.25) is 5.02 Å². The van der Waals surface area contributed by atoms with Gasteiger partial charge in [0.25, 0.3) is 5.91 Å². The summed E-state index contributed by atoms with van der Waals surface area (Å²) in [6, 6.07) is 22.7. The van der Waals surface area contributed by atoms with Crippen molar-refractivity contribution in [1.82, 2.24) is 14.7 Å². The number of halogens is 2. The average molecular weight is 587 g/mol. The summed E-state index contributed by atoms with van der Waals surface area (Å²) in [5, 5.41) is 5.43. The quantitative estimate of drug-likeness (QED) is 0.241. The van der Waals surface area contributed by atoms with E-state index in [2.05, 4.69) is 0 Å². The normalized spacial score (nSPS) is 14.0. The minimum Gasteiger partial charge on any atom is -0.444 e. The van der Waals surface area contributed by atoms with Gasteiger partial charge in [-0.25, -0.2) is 13.9 Å². The molecular weight excluding hydrogens is 555 g/mol. The predicted molar refractivity (Wildman–Crippen MR) is 163 cm³/mol. The number of anilines is 1. The summed E-state index contributed by atoms with van der Waals surface area (Å²) in [7, 11) is 0. The first-order valence-electron chi connectivity index (χ1n) is 13.7. The van der Waals surface area contributed by atoms with E-state index in [9.17, 15) is 14.0 Å². The van der Waals surface area contributed by atoms with Crippen LogP contribution in [0.25, 0.3) is 17.3 Å². The molecule has 0 aliphatic carbocycles. The van der Waals surface area contributed by atoms with E-state index < -0.39 is 11.7 Å².